The number of carboxylic acid groups (broad SMARTS) is 1. The van der Waals surface area contributed by atoms with E-state index in [0.29, 0.717) is 6.54 Å². The van der Waals surface area contributed by atoms with Crippen LogP contribution in [0.4, 0.5) is 4.79 Å². The zero-order chi connectivity index (χ0) is 14.3. The molecule has 19 heavy (non-hydrogen) atoms. The predicted octanol–water partition coefficient (Wildman–Crippen LogP) is -1.25. The maximum atomic E-state index is 11.6. The van der Waals surface area contributed by atoms with E-state index in [9.17, 15) is 14.4 Å². The first kappa shape index (κ1) is 14.5. The number of hydrogen-bond acceptors (Lipinski definition) is 4. The van der Waals surface area contributed by atoms with Crippen LogP contribution in [0.2, 0.25) is 0 Å². The van der Waals surface area contributed by atoms with Crippen molar-refractivity contribution in [1.82, 2.24) is 25.7 Å². The number of carbonyl (C=O) groups is 3. The van der Waals surface area contributed by atoms with Gasteiger partial charge in [0.1, 0.15) is 6.54 Å². The van der Waals surface area contributed by atoms with Crippen LogP contribution in [0.25, 0.3) is 0 Å². The molecule has 0 unspecified atom stereocenters. The van der Waals surface area contributed by atoms with Crippen LogP contribution >= 0.6 is 0 Å². The summed E-state index contributed by atoms with van der Waals surface area (Å²) >= 11 is 0. The molecule has 0 aliphatic rings. The molecule has 0 atom stereocenters. The number of H-pyrrole nitrogens is 1. The van der Waals surface area contributed by atoms with Crippen molar-refractivity contribution in [2.45, 2.75) is 6.54 Å². The number of hydrogen-bond donors (Lipinski definition) is 4. The first-order valence-corrected chi connectivity index (χ1v) is 5.44. The topological polar surface area (TPSA) is 127 Å². The largest absolute Gasteiger partial charge is 0.480 e. The zero-order valence-corrected chi connectivity index (χ0v) is 10.3. The van der Waals surface area contributed by atoms with E-state index in [1.54, 1.807) is 19.4 Å². The number of aromatic amines is 1. The second-order valence-corrected chi connectivity index (χ2v) is 3.79. The molecule has 3 amide bonds. The Morgan fingerprint density at radius 1 is 1.37 bits per heavy atom. The Labute approximate surface area is 109 Å². The van der Waals surface area contributed by atoms with E-state index < -0.39 is 24.5 Å². The zero-order valence-electron chi connectivity index (χ0n) is 10.3. The van der Waals surface area contributed by atoms with E-state index in [2.05, 4.69) is 20.8 Å². The number of carboxylic acids is 1. The van der Waals surface area contributed by atoms with Gasteiger partial charge in [0.25, 0.3) is 0 Å². The molecule has 1 heterocycles. The summed E-state index contributed by atoms with van der Waals surface area (Å²) in [4.78, 5) is 34.3. The highest BCUT2D eigenvalue weighted by Crippen LogP contribution is 1.99. The fraction of sp³-hybridized carbons (Fsp3) is 0.400. The van der Waals surface area contributed by atoms with Gasteiger partial charge in [0, 0.05) is 18.8 Å². The van der Waals surface area contributed by atoms with Gasteiger partial charge in [0.2, 0.25) is 5.91 Å². The van der Waals surface area contributed by atoms with Crippen LogP contribution in [0, 0.1) is 0 Å². The number of aromatic nitrogens is 2. The molecule has 4 N–H and O–H groups in total. The molecule has 0 fully saturated rings. The van der Waals surface area contributed by atoms with E-state index in [1.165, 1.54) is 4.90 Å². The second kappa shape index (κ2) is 6.99. The molecule has 0 saturated carbocycles. The van der Waals surface area contributed by atoms with Gasteiger partial charge in [0.05, 0.1) is 19.3 Å². The number of nitrogens with zero attached hydrogens (tertiary/aromatic N) is 2. The Bertz CT molecular complexity index is 445. The molecular formula is C10H15N5O4. The lowest BCUT2D eigenvalue weighted by Gasteiger charge is -2.16. The summed E-state index contributed by atoms with van der Waals surface area (Å²) in [6.07, 6.45) is 3.24. The smallest absolute Gasteiger partial charge is 0.322 e. The first-order chi connectivity index (χ1) is 8.99. The molecule has 104 valence electrons. The van der Waals surface area contributed by atoms with Crippen LogP contribution in [0.1, 0.15) is 5.56 Å². The Balaban J connectivity index is 2.26. The summed E-state index contributed by atoms with van der Waals surface area (Å²) in [7, 11) is 1.57. The molecule has 1 aromatic heterocycles. The molecule has 1 aromatic rings. The summed E-state index contributed by atoms with van der Waals surface area (Å²) in [6.45, 7) is -0.402. The molecule has 0 saturated heterocycles. The van der Waals surface area contributed by atoms with Crippen LogP contribution in [0.15, 0.2) is 12.4 Å². The van der Waals surface area contributed by atoms with Crippen molar-refractivity contribution in [1.29, 1.82) is 0 Å². The maximum absolute atomic E-state index is 11.6. The minimum Gasteiger partial charge on any atom is -0.480 e. The third-order valence-corrected chi connectivity index (χ3v) is 2.16. The van der Waals surface area contributed by atoms with Crippen molar-refractivity contribution >= 4 is 17.9 Å². The third kappa shape index (κ3) is 5.52. The van der Waals surface area contributed by atoms with Gasteiger partial charge < -0.3 is 20.6 Å². The normalized spacial score (nSPS) is 9.74. The minimum atomic E-state index is -1.14. The third-order valence-electron chi connectivity index (χ3n) is 2.16. The molecule has 9 heteroatoms. The lowest BCUT2D eigenvalue weighted by Crippen LogP contribution is -2.43. The molecule has 0 aliphatic carbocycles. The highest BCUT2D eigenvalue weighted by atomic mass is 16.4. The van der Waals surface area contributed by atoms with Crippen LogP contribution in [-0.2, 0) is 16.1 Å². The summed E-state index contributed by atoms with van der Waals surface area (Å²) in [5.74, 6) is -1.70. The van der Waals surface area contributed by atoms with E-state index in [-0.39, 0.29) is 6.54 Å². The fourth-order valence-corrected chi connectivity index (χ4v) is 1.24. The standard InChI is InChI=1S/C10H15N5O4/c1-15(6-7-2-13-14-3-7)10(19)12-4-8(16)11-5-9(17)18/h2-3H,4-6H2,1H3,(H,11,16)(H,12,19)(H,13,14)(H,17,18). The van der Waals surface area contributed by atoms with Gasteiger partial charge in [-0.15, -0.1) is 0 Å². The van der Waals surface area contributed by atoms with E-state index in [4.69, 9.17) is 5.11 Å². The van der Waals surface area contributed by atoms with E-state index in [1.807, 2.05) is 0 Å². The van der Waals surface area contributed by atoms with Gasteiger partial charge in [-0.1, -0.05) is 0 Å². The lowest BCUT2D eigenvalue weighted by atomic mass is 10.3. The average molecular weight is 269 g/mol. The van der Waals surface area contributed by atoms with Gasteiger partial charge in [-0.3, -0.25) is 14.7 Å². The van der Waals surface area contributed by atoms with Crippen molar-refractivity contribution in [3.8, 4) is 0 Å². The van der Waals surface area contributed by atoms with Crippen molar-refractivity contribution in [3.05, 3.63) is 18.0 Å². The maximum Gasteiger partial charge on any atom is 0.322 e. The van der Waals surface area contributed by atoms with Gasteiger partial charge >= 0.3 is 12.0 Å². The summed E-state index contributed by atoms with van der Waals surface area (Å²) < 4.78 is 0. The fourth-order valence-electron chi connectivity index (χ4n) is 1.24. The highest BCUT2D eigenvalue weighted by Gasteiger charge is 2.11. The van der Waals surface area contributed by atoms with Crippen LogP contribution in [0.5, 0.6) is 0 Å². The van der Waals surface area contributed by atoms with Crippen molar-refractivity contribution in [3.63, 3.8) is 0 Å². The molecule has 0 spiro atoms. The summed E-state index contributed by atoms with van der Waals surface area (Å²) in [6, 6.07) is -0.438. The lowest BCUT2D eigenvalue weighted by molar-refractivity contribution is -0.137. The van der Waals surface area contributed by atoms with Gasteiger partial charge in [0.15, 0.2) is 0 Å². The SMILES string of the molecule is CN(Cc1cn[nH]c1)C(=O)NCC(=O)NCC(=O)O. The molecule has 0 bridgehead atoms. The molecule has 0 aromatic carbocycles. The molecule has 0 radical (unpaired) electrons. The van der Waals surface area contributed by atoms with Crippen molar-refractivity contribution in [2.24, 2.45) is 0 Å². The van der Waals surface area contributed by atoms with Gasteiger partial charge in [-0.05, 0) is 0 Å². The molecule has 0 aliphatic heterocycles. The van der Waals surface area contributed by atoms with Crippen molar-refractivity contribution in [2.75, 3.05) is 20.1 Å². The number of amides is 3. The Morgan fingerprint density at radius 3 is 2.68 bits per heavy atom. The Kier molecular flexibility index (Phi) is 5.33. The number of rotatable bonds is 6. The summed E-state index contributed by atoms with van der Waals surface area (Å²) in [5, 5.41) is 19.2. The van der Waals surface area contributed by atoms with E-state index >= 15 is 0 Å². The number of carbonyl (C=O) groups excluding carboxylic acids is 2. The quantitative estimate of drug-likeness (QED) is 0.513. The molecule has 1 rings (SSSR count). The van der Waals surface area contributed by atoms with Crippen LogP contribution in [0.3, 0.4) is 0 Å². The number of nitrogens with one attached hydrogen (secondary N) is 3. The van der Waals surface area contributed by atoms with E-state index in [0.717, 1.165) is 5.56 Å². The molecule has 9 nitrogen and oxygen atoms in total. The highest BCUT2D eigenvalue weighted by molar-refractivity contribution is 5.86. The van der Waals surface area contributed by atoms with Crippen LogP contribution in [-0.4, -0.2) is 58.2 Å². The minimum absolute atomic E-state index is 0.276. The van der Waals surface area contributed by atoms with Gasteiger partial charge in [-0.25, -0.2) is 4.79 Å². The van der Waals surface area contributed by atoms with Crippen molar-refractivity contribution < 1.29 is 19.5 Å². The molecular weight excluding hydrogens is 254 g/mol. The Morgan fingerprint density at radius 2 is 2.11 bits per heavy atom. The second-order valence-electron chi connectivity index (χ2n) is 3.79. The Hall–Kier alpha value is -2.58. The number of urea groups is 1. The summed E-state index contributed by atoms with van der Waals surface area (Å²) in [5.41, 5.74) is 0.827. The predicted molar refractivity (Wildman–Crippen MR) is 64.1 cm³/mol. The monoisotopic (exact) mass is 269 g/mol. The van der Waals surface area contributed by atoms with Gasteiger partial charge in [-0.2, -0.15) is 5.10 Å². The number of aliphatic carboxylic acids is 1. The van der Waals surface area contributed by atoms with Crippen LogP contribution < -0.4 is 10.6 Å². The average Bonchev–Trinajstić information content (AvgIpc) is 2.86. The first-order valence-electron chi connectivity index (χ1n) is 5.44.